The fourth-order valence-electron chi connectivity index (χ4n) is 1.97. The lowest BCUT2D eigenvalue weighted by molar-refractivity contribution is 0.370. The molecule has 2 rings (SSSR count). The van der Waals surface area contributed by atoms with Gasteiger partial charge in [-0.25, -0.2) is 0 Å². The summed E-state index contributed by atoms with van der Waals surface area (Å²) in [6.07, 6.45) is 0. The molecule has 0 radical (unpaired) electrons. The van der Waals surface area contributed by atoms with Gasteiger partial charge in [0, 0.05) is 11.1 Å². The second-order valence-electron chi connectivity index (χ2n) is 4.54. The Bertz CT molecular complexity index is 614. The summed E-state index contributed by atoms with van der Waals surface area (Å²) in [7, 11) is 2.98. The molecule has 0 amide bonds. The van der Waals surface area contributed by atoms with Crippen molar-refractivity contribution in [2.45, 2.75) is 13.1 Å². The summed E-state index contributed by atoms with van der Waals surface area (Å²) in [5.74, 6) is 0.928. The summed E-state index contributed by atoms with van der Waals surface area (Å²) in [6, 6.07) is 10.4. The average molecular weight is 302 g/mol. The van der Waals surface area contributed by atoms with Crippen molar-refractivity contribution >= 4 is 0 Å². The van der Waals surface area contributed by atoms with E-state index in [-0.39, 0.29) is 24.6 Å². The number of aromatic hydroxyl groups is 2. The van der Waals surface area contributed by atoms with Crippen LogP contribution in [0.2, 0.25) is 0 Å². The molecule has 0 unspecified atom stereocenters. The Hall–Kier alpha value is -2.76. The fraction of sp³-hybridized carbons (Fsp3) is 0.250. The monoisotopic (exact) mass is 302 g/mol. The molecule has 6 nitrogen and oxygen atoms in total. The number of nitrogens with zero attached hydrogens (tertiary/aromatic N) is 2. The molecule has 0 aliphatic carbocycles. The van der Waals surface area contributed by atoms with Crippen LogP contribution in [0, 0.1) is 0 Å². The van der Waals surface area contributed by atoms with Crippen LogP contribution in [0.25, 0.3) is 0 Å². The summed E-state index contributed by atoms with van der Waals surface area (Å²) in [5, 5.41) is 27.9. The van der Waals surface area contributed by atoms with E-state index in [1.54, 1.807) is 36.4 Å². The van der Waals surface area contributed by atoms with Gasteiger partial charge in [0.15, 0.2) is 23.0 Å². The van der Waals surface area contributed by atoms with Gasteiger partial charge in [0.25, 0.3) is 0 Å². The van der Waals surface area contributed by atoms with Gasteiger partial charge in [-0.15, -0.1) is 0 Å². The third kappa shape index (κ3) is 3.46. The van der Waals surface area contributed by atoms with Crippen molar-refractivity contribution in [3.63, 3.8) is 0 Å². The molecular formula is C16H18N2O4. The van der Waals surface area contributed by atoms with Crippen LogP contribution in [-0.4, -0.2) is 24.4 Å². The van der Waals surface area contributed by atoms with Crippen molar-refractivity contribution in [1.82, 2.24) is 0 Å². The molecule has 2 aromatic carbocycles. The van der Waals surface area contributed by atoms with E-state index < -0.39 is 0 Å². The number of rotatable bonds is 6. The minimum absolute atomic E-state index is 0.0631. The van der Waals surface area contributed by atoms with Gasteiger partial charge in [-0.1, -0.05) is 24.3 Å². The van der Waals surface area contributed by atoms with E-state index in [0.29, 0.717) is 22.6 Å². The summed E-state index contributed by atoms with van der Waals surface area (Å²) in [5.41, 5.74) is 1.25. The van der Waals surface area contributed by atoms with Crippen molar-refractivity contribution < 1.29 is 19.7 Å². The molecule has 0 aliphatic rings. The second kappa shape index (κ2) is 7.31. The average Bonchev–Trinajstić information content (AvgIpc) is 2.54. The first-order chi connectivity index (χ1) is 10.7. The lowest BCUT2D eigenvalue weighted by atomic mass is 10.2. The van der Waals surface area contributed by atoms with E-state index in [0.717, 1.165) is 0 Å². The standard InChI is InChI=1S/C16H18N2O4/c1-21-13-7-3-5-11(15(13)19)9-17-18-10-12-6-4-8-14(22-2)16(12)20/h3-8,19-20H,9-10H2,1-2H3. The molecule has 0 saturated carbocycles. The third-order valence-electron chi connectivity index (χ3n) is 3.19. The van der Waals surface area contributed by atoms with Gasteiger partial charge in [-0.05, 0) is 12.1 Å². The van der Waals surface area contributed by atoms with Crippen LogP contribution in [0.1, 0.15) is 11.1 Å². The van der Waals surface area contributed by atoms with Crippen molar-refractivity contribution in [3.8, 4) is 23.0 Å². The molecule has 0 aromatic heterocycles. The zero-order valence-electron chi connectivity index (χ0n) is 12.5. The van der Waals surface area contributed by atoms with E-state index in [2.05, 4.69) is 10.2 Å². The van der Waals surface area contributed by atoms with Gasteiger partial charge in [0.1, 0.15) is 0 Å². The van der Waals surface area contributed by atoms with E-state index in [9.17, 15) is 10.2 Å². The molecular weight excluding hydrogens is 284 g/mol. The van der Waals surface area contributed by atoms with Crippen molar-refractivity contribution in [2.75, 3.05) is 14.2 Å². The fourth-order valence-corrected chi connectivity index (χ4v) is 1.97. The van der Waals surface area contributed by atoms with Crippen LogP contribution in [-0.2, 0) is 13.1 Å². The summed E-state index contributed by atoms with van der Waals surface area (Å²) >= 11 is 0. The molecule has 116 valence electrons. The molecule has 2 N–H and O–H groups in total. The molecule has 0 fully saturated rings. The van der Waals surface area contributed by atoms with Gasteiger partial charge in [0.05, 0.1) is 27.3 Å². The first kappa shape index (κ1) is 15.6. The number of azo groups is 1. The van der Waals surface area contributed by atoms with Crippen LogP contribution < -0.4 is 9.47 Å². The predicted octanol–water partition coefficient (Wildman–Crippen LogP) is 3.27. The second-order valence-corrected chi connectivity index (χ2v) is 4.54. The summed E-state index contributed by atoms with van der Waals surface area (Å²) in [4.78, 5) is 0. The number of phenolic OH excluding ortho intramolecular Hbond substituents is 2. The molecule has 0 saturated heterocycles. The molecule has 6 heteroatoms. The maximum atomic E-state index is 9.93. The van der Waals surface area contributed by atoms with E-state index in [1.165, 1.54) is 14.2 Å². The minimum atomic E-state index is 0.0631. The number of para-hydroxylation sites is 2. The first-order valence-electron chi connectivity index (χ1n) is 6.70. The van der Waals surface area contributed by atoms with Gasteiger partial charge >= 0.3 is 0 Å². The van der Waals surface area contributed by atoms with Crippen LogP contribution in [0.15, 0.2) is 46.6 Å². The highest BCUT2D eigenvalue weighted by Crippen LogP contribution is 2.31. The van der Waals surface area contributed by atoms with Crippen LogP contribution in [0.3, 0.4) is 0 Å². The van der Waals surface area contributed by atoms with Crippen LogP contribution in [0.5, 0.6) is 23.0 Å². The van der Waals surface area contributed by atoms with E-state index in [4.69, 9.17) is 9.47 Å². The largest absolute Gasteiger partial charge is 0.504 e. The molecule has 0 heterocycles. The Morgan fingerprint density at radius 3 is 1.55 bits per heavy atom. The van der Waals surface area contributed by atoms with Crippen molar-refractivity contribution in [3.05, 3.63) is 47.5 Å². The van der Waals surface area contributed by atoms with E-state index in [1.807, 2.05) is 0 Å². The molecule has 2 aromatic rings. The highest BCUT2D eigenvalue weighted by molar-refractivity contribution is 5.46. The zero-order chi connectivity index (χ0) is 15.9. The van der Waals surface area contributed by atoms with Gasteiger partial charge in [0.2, 0.25) is 0 Å². The molecule has 22 heavy (non-hydrogen) atoms. The smallest absolute Gasteiger partial charge is 0.162 e. The SMILES string of the molecule is COc1cccc(CN=NCc2cccc(OC)c2O)c1O. The van der Waals surface area contributed by atoms with Crippen molar-refractivity contribution in [2.24, 2.45) is 10.2 Å². The highest BCUT2D eigenvalue weighted by Gasteiger charge is 2.07. The lowest BCUT2D eigenvalue weighted by Crippen LogP contribution is -1.89. The Balaban J connectivity index is 2.02. The molecule has 0 atom stereocenters. The number of hydrogen-bond donors (Lipinski definition) is 2. The first-order valence-corrected chi connectivity index (χ1v) is 6.70. The van der Waals surface area contributed by atoms with Crippen molar-refractivity contribution in [1.29, 1.82) is 0 Å². The molecule has 0 bridgehead atoms. The number of methoxy groups -OCH3 is 2. The topological polar surface area (TPSA) is 83.6 Å². The number of benzene rings is 2. The van der Waals surface area contributed by atoms with Crippen LogP contribution in [0.4, 0.5) is 0 Å². The van der Waals surface area contributed by atoms with E-state index >= 15 is 0 Å². The number of hydrogen-bond acceptors (Lipinski definition) is 6. The van der Waals surface area contributed by atoms with Gasteiger partial charge in [-0.2, -0.15) is 10.2 Å². The van der Waals surface area contributed by atoms with Gasteiger partial charge in [-0.3, -0.25) is 0 Å². The number of ether oxygens (including phenoxy) is 2. The maximum Gasteiger partial charge on any atom is 0.162 e. The Morgan fingerprint density at radius 1 is 0.773 bits per heavy atom. The zero-order valence-corrected chi connectivity index (χ0v) is 12.5. The summed E-state index contributed by atoms with van der Waals surface area (Å²) in [6.45, 7) is 0.460. The predicted molar refractivity (Wildman–Crippen MR) is 81.6 cm³/mol. The molecule has 0 aliphatic heterocycles. The Kier molecular flexibility index (Phi) is 5.19. The lowest BCUT2D eigenvalue weighted by Gasteiger charge is -2.07. The Labute approximate surface area is 128 Å². The summed E-state index contributed by atoms with van der Waals surface area (Å²) < 4.78 is 10.1. The highest BCUT2D eigenvalue weighted by atomic mass is 16.5. The quantitative estimate of drug-likeness (QED) is 0.802. The Morgan fingerprint density at radius 2 is 1.18 bits per heavy atom. The van der Waals surface area contributed by atoms with Crippen LogP contribution >= 0.6 is 0 Å². The minimum Gasteiger partial charge on any atom is -0.504 e. The third-order valence-corrected chi connectivity index (χ3v) is 3.19. The normalized spacial score (nSPS) is 10.8. The maximum absolute atomic E-state index is 9.93. The van der Waals surface area contributed by atoms with Gasteiger partial charge < -0.3 is 19.7 Å². The molecule has 0 spiro atoms. The number of phenols is 2.